The molecule has 5 nitrogen and oxygen atoms in total. The summed E-state index contributed by atoms with van der Waals surface area (Å²) in [6, 6.07) is 0.219. The molecule has 1 rings (SSSR count). The lowest BCUT2D eigenvalue weighted by atomic mass is 10.0. The molecule has 1 atom stereocenters. The maximum Gasteiger partial charge on any atom is 0.293 e. The molecule has 0 fully saturated rings. The highest BCUT2D eigenvalue weighted by Gasteiger charge is 2.19. The fraction of sp³-hybridized carbons (Fsp3) is 0.750. The standard InChI is InChI=1S/C16H30N4O/c1-12(2)10-13(11-19(6)7)18-14-15(21)20(9-8-17-14)16(3,4)5/h8-9,12-13H,10-11H2,1-7H3,(H,17,18). The molecule has 1 N–H and O–H groups in total. The zero-order valence-electron chi connectivity index (χ0n) is 14.5. The third-order valence-electron chi connectivity index (χ3n) is 3.25. The van der Waals surface area contributed by atoms with Gasteiger partial charge in [0.1, 0.15) is 0 Å². The molecule has 1 heterocycles. The zero-order valence-corrected chi connectivity index (χ0v) is 14.5. The van der Waals surface area contributed by atoms with E-state index >= 15 is 0 Å². The number of hydrogen-bond acceptors (Lipinski definition) is 4. The molecule has 1 aromatic rings. The van der Waals surface area contributed by atoms with Crippen LogP contribution in [0.4, 0.5) is 5.82 Å². The molecule has 120 valence electrons. The number of hydrogen-bond donors (Lipinski definition) is 1. The first-order chi connectivity index (χ1) is 9.61. The minimum atomic E-state index is -0.244. The number of aromatic nitrogens is 2. The summed E-state index contributed by atoms with van der Waals surface area (Å²) in [5.74, 6) is 1.01. The van der Waals surface area contributed by atoms with Gasteiger partial charge >= 0.3 is 0 Å². The van der Waals surface area contributed by atoms with Crippen LogP contribution in [0.25, 0.3) is 0 Å². The summed E-state index contributed by atoms with van der Waals surface area (Å²) in [5.41, 5.74) is -0.302. The third-order valence-corrected chi connectivity index (χ3v) is 3.25. The maximum absolute atomic E-state index is 12.5. The Morgan fingerprint density at radius 1 is 1.33 bits per heavy atom. The van der Waals surface area contributed by atoms with Crippen LogP contribution in [0.3, 0.4) is 0 Å². The van der Waals surface area contributed by atoms with Crippen molar-refractivity contribution in [1.29, 1.82) is 0 Å². The predicted molar refractivity (Wildman–Crippen MR) is 88.9 cm³/mol. The van der Waals surface area contributed by atoms with Gasteiger partial charge in [0, 0.05) is 30.5 Å². The van der Waals surface area contributed by atoms with Crippen LogP contribution >= 0.6 is 0 Å². The van der Waals surface area contributed by atoms with Crippen molar-refractivity contribution in [3.05, 3.63) is 22.7 Å². The molecule has 0 saturated heterocycles. The van der Waals surface area contributed by atoms with E-state index in [1.54, 1.807) is 17.0 Å². The highest BCUT2D eigenvalue weighted by atomic mass is 16.1. The molecule has 0 aliphatic heterocycles. The quantitative estimate of drug-likeness (QED) is 0.875. The van der Waals surface area contributed by atoms with Gasteiger partial charge < -0.3 is 14.8 Å². The van der Waals surface area contributed by atoms with Crippen LogP contribution in [0.1, 0.15) is 41.0 Å². The van der Waals surface area contributed by atoms with Gasteiger partial charge in [-0.05, 0) is 47.2 Å². The average Bonchev–Trinajstić information content (AvgIpc) is 2.28. The largest absolute Gasteiger partial charge is 0.361 e. The maximum atomic E-state index is 12.5. The fourth-order valence-corrected chi connectivity index (χ4v) is 2.42. The highest BCUT2D eigenvalue weighted by molar-refractivity contribution is 5.32. The van der Waals surface area contributed by atoms with Crippen molar-refractivity contribution in [3.63, 3.8) is 0 Å². The lowest BCUT2D eigenvalue weighted by Crippen LogP contribution is -2.39. The summed E-state index contributed by atoms with van der Waals surface area (Å²) in [5, 5.41) is 3.34. The Labute approximate surface area is 128 Å². The van der Waals surface area contributed by atoms with Gasteiger partial charge in [-0.25, -0.2) is 4.98 Å². The van der Waals surface area contributed by atoms with E-state index in [1.807, 2.05) is 34.9 Å². The molecule has 0 saturated carbocycles. The fourth-order valence-electron chi connectivity index (χ4n) is 2.42. The Bertz CT molecular complexity index is 490. The van der Waals surface area contributed by atoms with Crippen molar-refractivity contribution in [1.82, 2.24) is 14.5 Å². The molecule has 0 amide bonds. The molecule has 0 aliphatic carbocycles. The van der Waals surface area contributed by atoms with Gasteiger partial charge in [0.25, 0.3) is 5.56 Å². The Kier molecular flexibility index (Phi) is 5.96. The minimum absolute atomic E-state index is 0.0579. The van der Waals surface area contributed by atoms with Crippen molar-refractivity contribution in [3.8, 4) is 0 Å². The van der Waals surface area contributed by atoms with Crippen molar-refractivity contribution < 1.29 is 0 Å². The summed E-state index contributed by atoms with van der Waals surface area (Å²) in [7, 11) is 4.09. The van der Waals surface area contributed by atoms with Gasteiger partial charge in [-0.1, -0.05) is 13.8 Å². The van der Waals surface area contributed by atoms with E-state index in [9.17, 15) is 4.79 Å². The summed E-state index contributed by atoms with van der Waals surface area (Å²) in [4.78, 5) is 18.9. The van der Waals surface area contributed by atoms with E-state index in [-0.39, 0.29) is 17.1 Å². The van der Waals surface area contributed by atoms with E-state index < -0.39 is 0 Å². The second-order valence-electron chi connectivity index (χ2n) is 7.35. The Balaban J connectivity index is 3.01. The van der Waals surface area contributed by atoms with Crippen LogP contribution in [0.5, 0.6) is 0 Å². The molecule has 5 heteroatoms. The topological polar surface area (TPSA) is 50.2 Å². The predicted octanol–water partition coefficient (Wildman–Crippen LogP) is 2.39. The third kappa shape index (κ3) is 5.50. The van der Waals surface area contributed by atoms with E-state index in [1.165, 1.54) is 0 Å². The number of rotatable bonds is 6. The molecule has 1 unspecified atom stereocenters. The lowest BCUT2D eigenvalue weighted by molar-refractivity contribution is 0.354. The lowest BCUT2D eigenvalue weighted by Gasteiger charge is -2.26. The van der Waals surface area contributed by atoms with Crippen molar-refractivity contribution in [2.24, 2.45) is 5.92 Å². The Morgan fingerprint density at radius 3 is 2.43 bits per heavy atom. The highest BCUT2D eigenvalue weighted by Crippen LogP contribution is 2.13. The van der Waals surface area contributed by atoms with Crippen molar-refractivity contribution in [2.75, 3.05) is 26.0 Å². The Hall–Kier alpha value is -1.36. The molecule has 0 aliphatic rings. The normalized spacial score (nSPS) is 13.8. The molecule has 0 bridgehead atoms. The van der Waals surface area contributed by atoms with Crippen LogP contribution in [0.15, 0.2) is 17.2 Å². The smallest absolute Gasteiger partial charge is 0.293 e. The van der Waals surface area contributed by atoms with E-state index in [4.69, 9.17) is 0 Å². The molecule has 1 aromatic heterocycles. The summed E-state index contributed by atoms with van der Waals surface area (Å²) >= 11 is 0. The van der Waals surface area contributed by atoms with Crippen molar-refractivity contribution in [2.45, 2.75) is 52.6 Å². The zero-order chi connectivity index (χ0) is 16.2. The molecular weight excluding hydrogens is 264 g/mol. The summed E-state index contributed by atoms with van der Waals surface area (Å²) in [6.07, 6.45) is 4.44. The summed E-state index contributed by atoms with van der Waals surface area (Å²) < 4.78 is 1.73. The second-order valence-corrected chi connectivity index (χ2v) is 7.35. The van der Waals surface area contributed by atoms with Gasteiger partial charge in [-0.3, -0.25) is 4.79 Å². The number of nitrogens with one attached hydrogen (secondary N) is 1. The minimum Gasteiger partial charge on any atom is -0.361 e. The van der Waals surface area contributed by atoms with E-state index in [2.05, 4.69) is 29.0 Å². The van der Waals surface area contributed by atoms with Crippen LogP contribution in [-0.4, -0.2) is 41.1 Å². The average molecular weight is 294 g/mol. The van der Waals surface area contributed by atoms with Crippen LogP contribution < -0.4 is 10.9 Å². The first kappa shape index (κ1) is 17.7. The van der Waals surface area contributed by atoms with Gasteiger partial charge in [0.15, 0.2) is 5.82 Å². The van der Waals surface area contributed by atoms with Gasteiger partial charge in [0.05, 0.1) is 0 Å². The number of nitrogens with zero attached hydrogens (tertiary/aromatic N) is 3. The van der Waals surface area contributed by atoms with Crippen LogP contribution in [0, 0.1) is 5.92 Å². The van der Waals surface area contributed by atoms with Crippen LogP contribution in [0.2, 0.25) is 0 Å². The summed E-state index contributed by atoms with van der Waals surface area (Å²) in [6.45, 7) is 11.3. The molecule has 0 aromatic carbocycles. The molecule has 0 spiro atoms. The van der Waals surface area contributed by atoms with Crippen molar-refractivity contribution >= 4 is 5.82 Å². The monoisotopic (exact) mass is 294 g/mol. The number of anilines is 1. The first-order valence-corrected chi connectivity index (χ1v) is 7.60. The number of likely N-dealkylation sites (N-methyl/N-ethyl adjacent to an activating group) is 1. The molecule has 21 heavy (non-hydrogen) atoms. The molecular formula is C16H30N4O. The van der Waals surface area contributed by atoms with E-state index in [0.29, 0.717) is 11.7 Å². The van der Waals surface area contributed by atoms with Gasteiger partial charge in [0.2, 0.25) is 0 Å². The van der Waals surface area contributed by atoms with E-state index in [0.717, 1.165) is 13.0 Å². The van der Waals surface area contributed by atoms with Gasteiger partial charge in [-0.2, -0.15) is 0 Å². The first-order valence-electron chi connectivity index (χ1n) is 7.60. The SMILES string of the molecule is CC(C)CC(CN(C)C)Nc1nccn(C(C)(C)C)c1=O. The molecule has 0 radical (unpaired) electrons. The Morgan fingerprint density at radius 2 is 1.95 bits per heavy atom. The van der Waals surface area contributed by atoms with Gasteiger partial charge in [-0.15, -0.1) is 0 Å². The second kappa shape index (κ2) is 7.07. The van der Waals surface area contributed by atoms with Crippen LogP contribution in [-0.2, 0) is 5.54 Å².